The normalized spacial score (nSPS) is 0. The number of rotatable bonds is 0. The zero-order chi connectivity index (χ0) is 0. The molecule has 0 aliphatic rings. The molecule has 4 heteroatoms. The van der Waals surface area contributed by atoms with Gasteiger partial charge in [0.1, 0.15) is 0 Å². The van der Waals surface area contributed by atoms with Crippen LogP contribution in [0, 0.1) is 40.8 Å². The van der Waals surface area contributed by atoms with Gasteiger partial charge in [0.2, 0.25) is 0 Å². The van der Waals surface area contributed by atoms with Crippen LogP contribution in [-0.4, -0.2) is 0 Å². The van der Waals surface area contributed by atoms with Gasteiger partial charge < -0.3 is 11.0 Å². The number of hydrogen-bond acceptors (Lipinski definition) is 0. The van der Waals surface area contributed by atoms with Crippen molar-refractivity contribution in [1.82, 2.24) is 0 Å². The Morgan fingerprint density at radius 2 is 0.750 bits per heavy atom. The molecular weight excluding hydrogens is 267 g/mol. The van der Waals surface area contributed by atoms with Crippen molar-refractivity contribution in [2.24, 2.45) is 0 Å². The molecule has 0 saturated heterocycles. The molecular formula is NdO2Zr. The van der Waals surface area contributed by atoms with E-state index in [0.29, 0.717) is 0 Å². The summed E-state index contributed by atoms with van der Waals surface area (Å²) in [7, 11) is 0. The van der Waals surface area contributed by atoms with Gasteiger partial charge in [0, 0.05) is 40.8 Å². The fourth-order valence-electron chi connectivity index (χ4n) is 0. The Labute approximate surface area is 76.6 Å². The van der Waals surface area contributed by atoms with Crippen LogP contribution in [0.5, 0.6) is 0 Å². The quantitative estimate of drug-likeness (QED) is 0.582. The van der Waals surface area contributed by atoms with E-state index < -0.39 is 0 Å². The third-order valence-corrected chi connectivity index (χ3v) is 0. The molecule has 0 unspecified atom stereocenters. The van der Waals surface area contributed by atoms with Crippen LogP contribution in [0.3, 0.4) is 0 Å². The molecule has 0 fully saturated rings. The van der Waals surface area contributed by atoms with Gasteiger partial charge in [-0.05, 0) is 0 Å². The standard InChI is InChI=1S/Nd.2O.Zr/q;2*-2;+4. The maximum atomic E-state index is 0. The molecule has 0 aliphatic carbocycles. The van der Waals surface area contributed by atoms with Crippen LogP contribution in [0.1, 0.15) is 0 Å². The molecule has 4 heavy (non-hydrogen) atoms. The first-order valence-corrected chi connectivity index (χ1v) is 0. The van der Waals surface area contributed by atoms with Crippen molar-refractivity contribution >= 4 is 0 Å². The number of hydrogen-bond donors (Lipinski definition) is 0. The minimum atomic E-state index is 0. The van der Waals surface area contributed by atoms with Gasteiger partial charge in [0.05, 0.1) is 0 Å². The van der Waals surface area contributed by atoms with Gasteiger partial charge in [-0.15, -0.1) is 0 Å². The predicted molar refractivity (Wildman–Crippen MR) is 1.37 cm³/mol. The Kier molecular flexibility index (Phi) is 169. The summed E-state index contributed by atoms with van der Waals surface area (Å²) >= 11 is 0. The summed E-state index contributed by atoms with van der Waals surface area (Å²) in [5.41, 5.74) is 0. The Morgan fingerprint density at radius 3 is 0.750 bits per heavy atom. The van der Waals surface area contributed by atoms with E-state index in [4.69, 9.17) is 0 Å². The second-order valence-corrected chi connectivity index (χ2v) is 0. The van der Waals surface area contributed by atoms with Crippen LogP contribution in [0.2, 0.25) is 0 Å². The molecule has 0 N–H and O–H groups in total. The van der Waals surface area contributed by atoms with Crippen molar-refractivity contribution in [2.75, 3.05) is 0 Å². The van der Waals surface area contributed by atoms with Gasteiger partial charge in [0.15, 0.2) is 0 Å². The van der Waals surface area contributed by atoms with Gasteiger partial charge >= 0.3 is 26.2 Å². The summed E-state index contributed by atoms with van der Waals surface area (Å²) in [6, 6.07) is 0. The first-order chi connectivity index (χ1) is 0. The van der Waals surface area contributed by atoms with Gasteiger partial charge in [0.25, 0.3) is 0 Å². The molecule has 0 aromatic carbocycles. The molecule has 0 saturated carbocycles. The average molecular weight is 267 g/mol. The third kappa shape index (κ3) is 8.91. The van der Waals surface area contributed by atoms with Crippen LogP contribution < -0.4 is 0 Å². The van der Waals surface area contributed by atoms with Crippen molar-refractivity contribution < 1.29 is 78.0 Å². The molecule has 0 heterocycles. The summed E-state index contributed by atoms with van der Waals surface area (Å²) in [5.74, 6) is 0. The summed E-state index contributed by atoms with van der Waals surface area (Å²) in [6.45, 7) is 0. The van der Waals surface area contributed by atoms with E-state index in [-0.39, 0.29) is 78.0 Å². The molecule has 0 rings (SSSR count). The minimum Gasteiger partial charge on any atom is -2.00 e. The zero-order valence-electron chi connectivity index (χ0n) is 1.82. The van der Waals surface area contributed by atoms with Crippen LogP contribution in [-0.2, 0) is 37.2 Å². The molecule has 0 atom stereocenters. The van der Waals surface area contributed by atoms with Crippen molar-refractivity contribution in [3.05, 3.63) is 0 Å². The summed E-state index contributed by atoms with van der Waals surface area (Å²) in [5, 5.41) is 0. The molecule has 20 valence electrons. The van der Waals surface area contributed by atoms with E-state index >= 15 is 0 Å². The smallest absolute Gasteiger partial charge is 2.00 e. The molecule has 0 aromatic rings. The summed E-state index contributed by atoms with van der Waals surface area (Å²) < 4.78 is 0. The zero-order valence-corrected chi connectivity index (χ0v) is 7.48. The Hall–Kier alpha value is 2.15. The van der Waals surface area contributed by atoms with Crippen molar-refractivity contribution in [3.63, 3.8) is 0 Å². The van der Waals surface area contributed by atoms with Crippen molar-refractivity contribution in [2.45, 2.75) is 0 Å². The van der Waals surface area contributed by atoms with Gasteiger partial charge in [-0.3, -0.25) is 0 Å². The average Bonchev–Trinajstić information content (AvgIpc) is 0. The van der Waals surface area contributed by atoms with E-state index in [2.05, 4.69) is 0 Å². The van der Waals surface area contributed by atoms with E-state index in [9.17, 15) is 0 Å². The van der Waals surface area contributed by atoms with Crippen LogP contribution in [0.4, 0.5) is 0 Å². The Morgan fingerprint density at radius 1 is 0.750 bits per heavy atom. The van der Waals surface area contributed by atoms with E-state index in [0.717, 1.165) is 0 Å². The SMILES string of the molecule is [Nd].[O-2].[O-2].[Zr+4]. The largest absolute Gasteiger partial charge is 4.00 e. The van der Waals surface area contributed by atoms with E-state index in [1.54, 1.807) is 0 Å². The van der Waals surface area contributed by atoms with Crippen LogP contribution in [0.15, 0.2) is 0 Å². The Balaban J connectivity index is 0. The van der Waals surface area contributed by atoms with Crippen molar-refractivity contribution in [1.29, 1.82) is 0 Å². The third-order valence-electron chi connectivity index (χ3n) is 0. The van der Waals surface area contributed by atoms with E-state index in [1.165, 1.54) is 0 Å². The predicted octanol–water partition coefficient (Wildman–Crippen LogP) is -0.240. The Bertz CT molecular complexity index is 6.00. The van der Waals surface area contributed by atoms with E-state index in [1.807, 2.05) is 0 Å². The molecule has 0 aromatic heterocycles. The first kappa shape index (κ1) is 35.2. The minimum absolute atomic E-state index is 0. The van der Waals surface area contributed by atoms with Crippen LogP contribution >= 0.6 is 0 Å². The molecule has 0 spiro atoms. The van der Waals surface area contributed by atoms with Gasteiger partial charge in [-0.25, -0.2) is 0 Å². The molecule has 2 nitrogen and oxygen atoms in total. The second-order valence-electron chi connectivity index (χ2n) is 0. The maximum absolute atomic E-state index is 0. The van der Waals surface area contributed by atoms with Crippen molar-refractivity contribution in [3.8, 4) is 0 Å². The summed E-state index contributed by atoms with van der Waals surface area (Å²) in [6.07, 6.45) is 0. The fourth-order valence-corrected chi connectivity index (χ4v) is 0. The molecule has 0 amide bonds. The summed E-state index contributed by atoms with van der Waals surface area (Å²) in [4.78, 5) is 0. The fraction of sp³-hybridized carbons (Fsp3) is 0. The topological polar surface area (TPSA) is 57.0 Å². The first-order valence-electron chi connectivity index (χ1n) is 0. The maximum Gasteiger partial charge on any atom is 4.00 e. The second kappa shape index (κ2) is 19.2. The molecule has 0 bridgehead atoms. The van der Waals surface area contributed by atoms with Gasteiger partial charge in [-0.1, -0.05) is 0 Å². The molecule has 0 aliphatic heterocycles. The van der Waals surface area contributed by atoms with Gasteiger partial charge in [-0.2, -0.15) is 0 Å². The monoisotopic (exact) mass is 264 g/mol. The molecule has 0 radical (unpaired) electrons. The van der Waals surface area contributed by atoms with Crippen LogP contribution in [0.25, 0.3) is 0 Å².